The molecule has 0 unspecified atom stereocenters. The number of rotatable bonds is 8. The Labute approximate surface area is 144 Å². The maximum Gasteiger partial charge on any atom is 0.225 e. The molecule has 0 aliphatic heterocycles. The molecule has 25 heavy (non-hydrogen) atoms. The van der Waals surface area contributed by atoms with Crippen molar-refractivity contribution in [2.75, 3.05) is 0 Å². The van der Waals surface area contributed by atoms with Crippen molar-refractivity contribution in [1.29, 1.82) is 0 Å². The molecule has 0 spiro atoms. The van der Waals surface area contributed by atoms with Crippen LogP contribution in [-0.2, 0) is 37.1 Å². The molecule has 2 N–H and O–H groups in total. The van der Waals surface area contributed by atoms with Gasteiger partial charge in [-0.25, -0.2) is 14.3 Å². The summed E-state index contributed by atoms with van der Waals surface area (Å²) in [5, 5.41) is 15.9. The molecule has 9 nitrogen and oxygen atoms in total. The second kappa shape index (κ2) is 7.65. The number of aromatic nitrogens is 7. The standard InChI is InChI=1S/C16H20N8O/c1-12-19-21-22-23(12)10-8-16-18-15(11-14(17)25)20-24(16)9-7-13-5-3-2-4-6-13/h2-6H,7-11H2,1H3,(H2,17,25). The minimum absolute atomic E-state index is 0.0370. The molecular weight excluding hydrogens is 320 g/mol. The summed E-state index contributed by atoms with van der Waals surface area (Å²) >= 11 is 0. The summed E-state index contributed by atoms with van der Waals surface area (Å²) < 4.78 is 3.55. The van der Waals surface area contributed by atoms with Gasteiger partial charge >= 0.3 is 0 Å². The maximum absolute atomic E-state index is 11.2. The highest BCUT2D eigenvalue weighted by Crippen LogP contribution is 2.07. The monoisotopic (exact) mass is 340 g/mol. The van der Waals surface area contributed by atoms with Crippen LogP contribution in [0.1, 0.15) is 23.0 Å². The molecule has 2 aromatic heterocycles. The fourth-order valence-corrected chi connectivity index (χ4v) is 2.56. The minimum Gasteiger partial charge on any atom is -0.369 e. The zero-order valence-corrected chi connectivity index (χ0v) is 14.0. The molecular formula is C16H20N8O. The largest absolute Gasteiger partial charge is 0.369 e. The number of primary amides is 1. The van der Waals surface area contributed by atoms with Gasteiger partial charge in [0.1, 0.15) is 11.6 Å². The second-order valence-electron chi connectivity index (χ2n) is 5.75. The van der Waals surface area contributed by atoms with Crippen LogP contribution in [0.15, 0.2) is 30.3 Å². The van der Waals surface area contributed by atoms with E-state index in [1.165, 1.54) is 5.56 Å². The molecule has 130 valence electrons. The van der Waals surface area contributed by atoms with Gasteiger partial charge in [0.05, 0.1) is 13.0 Å². The number of hydrogen-bond acceptors (Lipinski definition) is 6. The van der Waals surface area contributed by atoms with Gasteiger partial charge in [-0.2, -0.15) is 5.10 Å². The third kappa shape index (κ3) is 4.46. The van der Waals surface area contributed by atoms with Gasteiger partial charge in [0.2, 0.25) is 5.91 Å². The van der Waals surface area contributed by atoms with Gasteiger partial charge in [0.25, 0.3) is 0 Å². The summed E-state index contributed by atoms with van der Waals surface area (Å²) in [6.45, 7) is 3.12. The molecule has 0 aliphatic rings. The van der Waals surface area contributed by atoms with Gasteiger partial charge in [-0.15, -0.1) is 5.10 Å². The van der Waals surface area contributed by atoms with Crippen LogP contribution >= 0.6 is 0 Å². The predicted molar refractivity (Wildman–Crippen MR) is 89.3 cm³/mol. The molecule has 0 bridgehead atoms. The quantitative estimate of drug-likeness (QED) is 0.621. The third-order valence-electron chi connectivity index (χ3n) is 3.84. The number of aryl methyl sites for hydroxylation is 5. The molecule has 9 heteroatoms. The van der Waals surface area contributed by atoms with E-state index in [1.54, 1.807) is 4.68 Å². The van der Waals surface area contributed by atoms with E-state index in [2.05, 4.69) is 37.7 Å². The van der Waals surface area contributed by atoms with Gasteiger partial charge < -0.3 is 5.73 Å². The van der Waals surface area contributed by atoms with Crippen molar-refractivity contribution in [3.8, 4) is 0 Å². The molecule has 0 atom stereocenters. The van der Waals surface area contributed by atoms with Crippen LogP contribution in [0.25, 0.3) is 0 Å². The summed E-state index contributed by atoms with van der Waals surface area (Å²) in [6, 6.07) is 10.2. The molecule has 1 amide bonds. The van der Waals surface area contributed by atoms with Crippen molar-refractivity contribution in [3.05, 3.63) is 53.4 Å². The van der Waals surface area contributed by atoms with Crippen LogP contribution in [0.4, 0.5) is 0 Å². The average Bonchev–Trinajstić information content (AvgIpc) is 3.17. The molecule has 0 fully saturated rings. The second-order valence-corrected chi connectivity index (χ2v) is 5.75. The van der Waals surface area contributed by atoms with E-state index in [0.717, 1.165) is 18.1 Å². The molecule has 1 aromatic carbocycles. The van der Waals surface area contributed by atoms with Crippen molar-refractivity contribution >= 4 is 5.91 Å². The number of benzene rings is 1. The number of carbonyl (C=O) groups excluding carboxylic acids is 1. The number of carbonyl (C=O) groups is 1. The lowest BCUT2D eigenvalue weighted by molar-refractivity contribution is -0.117. The van der Waals surface area contributed by atoms with E-state index in [9.17, 15) is 4.79 Å². The van der Waals surface area contributed by atoms with Crippen LogP contribution < -0.4 is 5.73 Å². The van der Waals surface area contributed by atoms with Gasteiger partial charge in [-0.05, 0) is 29.3 Å². The molecule has 0 radical (unpaired) electrons. The van der Waals surface area contributed by atoms with Gasteiger partial charge in [-0.3, -0.25) is 4.79 Å². The molecule has 0 saturated heterocycles. The highest BCUT2D eigenvalue weighted by Gasteiger charge is 2.13. The summed E-state index contributed by atoms with van der Waals surface area (Å²) in [5.74, 6) is 1.54. The first-order chi connectivity index (χ1) is 12.1. The maximum atomic E-state index is 11.2. The normalized spacial score (nSPS) is 10.9. The number of hydrogen-bond donors (Lipinski definition) is 1. The zero-order chi connectivity index (χ0) is 17.6. The predicted octanol–water partition coefficient (Wildman–Crippen LogP) is 0.0862. The Hall–Kier alpha value is -3.10. The Morgan fingerprint density at radius 1 is 1.12 bits per heavy atom. The number of nitrogens with two attached hydrogens (primary N) is 1. The number of tetrazole rings is 1. The highest BCUT2D eigenvalue weighted by atomic mass is 16.1. The lowest BCUT2D eigenvalue weighted by Crippen LogP contribution is -2.15. The van der Waals surface area contributed by atoms with Crippen LogP contribution in [0.3, 0.4) is 0 Å². The van der Waals surface area contributed by atoms with Crippen LogP contribution in [0, 0.1) is 6.92 Å². The lowest BCUT2D eigenvalue weighted by Gasteiger charge is -2.06. The van der Waals surface area contributed by atoms with E-state index in [1.807, 2.05) is 29.8 Å². The van der Waals surface area contributed by atoms with E-state index >= 15 is 0 Å². The Morgan fingerprint density at radius 2 is 1.88 bits per heavy atom. The van der Waals surface area contributed by atoms with Crippen LogP contribution in [0.2, 0.25) is 0 Å². The van der Waals surface area contributed by atoms with Gasteiger partial charge in [-0.1, -0.05) is 30.3 Å². The Kier molecular flexibility index (Phi) is 5.12. The van der Waals surface area contributed by atoms with Crippen molar-refractivity contribution in [2.24, 2.45) is 5.73 Å². The minimum atomic E-state index is -0.442. The molecule has 0 saturated carbocycles. The van der Waals surface area contributed by atoms with Crippen LogP contribution in [0.5, 0.6) is 0 Å². The van der Waals surface area contributed by atoms with Crippen molar-refractivity contribution in [1.82, 2.24) is 35.0 Å². The first-order valence-corrected chi connectivity index (χ1v) is 8.09. The van der Waals surface area contributed by atoms with Crippen molar-refractivity contribution in [3.63, 3.8) is 0 Å². The Balaban J connectivity index is 1.73. The first kappa shape index (κ1) is 16.7. The topological polar surface area (TPSA) is 117 Å². The SMILES string of the molecule is Cc1nnnn1CCc1nc(CC(N)=O)nn1CCc1ccccc1. The number of amides is 1. The van der Waals surface area contributed by atoms with E-state index in [0.29, 0.717) is 25.3 Å². The smallest absolute Gasteiger partial charge is 0.225 e. The van der Waals surface area contributed by atoms with Crippen LogP contribution in [-0.4, -0.2) is 40.9 Å². The van der Waals surface area contributed by atoms with Crippen molar-refractivity contribution < 1.29 is 4.79 Å². The van der Waals surface area contributed by atoms with E-state index in [4.69, 9.17) is 5.73 Å². The summed E-state index contributed by atoms with van der Waals surface area (Å²) in [6.07, 6.45) is 1.48. The average molecular weight is 340 g/mol. The fraction of sp³-hybridized carbons (Fsp3) is 0.375. The Morgan fingerprint density at radius 3 is 2.56 bits per heavy atom. The van der Waals surface area contributed by atoms with E-state index < -0.39 is 5.91 Å². The summed E-state index contributed by atoms with van der Waals surface area (Å²) in [7, 11) is 0. The third-order valence-corrected chi connectivity index (χ3v) is 3.84. The lowest BCUT2D eigenvalue weighted by atomic mass is 10.1. The molecule has 3 aromatic rings. The summed E-state index contributed by atoms with van der Waals surface area (Å²) in [4.78, 5) is 15.6. The summed E-state index contributed by atoms with van der Waals surface area (Å²) in [5.41, 5.74) is 6.48. The van der Waals surface area contributed by atoms with E-state index in [-0.39, 0.29) is 6.42 Å². The van der Waals surface area contributed by atoms with Crippen molar-refractivity contribution in [2.45, 2.75) is 39.3 Å². The highest BCUT2D eigenvalue weighted by molar-refractivity contribution is 5.75. The Bertz CT molecular complexity index is 839. The molecule has 2 heterocycles. The molecule has 0 aliphatic carbocycles. The van der Waals surface area contributed by atoms with Gasteiger partial charge in [0.15, 0.2) is 5.82 Å². The fourth-order valence-electron chi connectivity index (χ4n) is 2.56. The zero-order valence-electron chi connectivity index (χ0n) is 14.0. The van der Waals surface area contributed by atoms with Gasteiger partial charge in [0, 0.05) is 13.0 Å². The number of nitrogens with zero attached hydrogens (tertiary/aromatic N) is 7. The molecule has 3 rings (SSSR count). The first-order valence-electron chi connectivity index (χ1n) is 8.09.